The summed E-state index contributed by atoms with van der Waals surface area (Å²) < 4.78 is 3.81. The molecule has 0 spiro atoms. The predicted octanol–water partition coefficient (Wildman–Crippen LogP) is 6.67. The quantitative estimate of drug-likeness (QED) is 0.0180. The van der Waals surface area contributed by atoms with E-state index in [0.717, 1.165) is 187 Å². The summed E-state index contributed by atoms with van der Waals surface area (Å²) >= 11 is 0. The number of anilines is 4. The molecule has 1 aliphatic heterocycles. The van der Waals surface area contributed by atoms with E-state index in [9.17, 15) is 19.2 Å². The molecule has 4 aromatic heterocycles. The Hall–Kier alpha value is -7.72. The number of piperidine rings is 1. The third-order valence-corrected chi connectivity index (χ3v) is 19.2. The summed E-state index contributed by atoms with van der Waals surface area (Å²) in [5.74, 6) is 0.900. The van der Waals surface area contributed by atoms with Gasteiger partial charge in [0.1, 0.15) is 29.1 Å². The molecular formula is C68H103N21O6. The molecule has 4 aliphatic rings. The van der Waals surface area contributed by atoms with Crippen molar-refractivity contribution in [1.29, 1.82) is 0 Å². The number of nitrogens with zero attached hydrogens (tertiary/aromatic N) is 12. The van der Waals surface area contributed by atoms with Gasteiger partial charge in [-0.1, -0.05) is 54.3 Å². The van der Waals surface area contributed by atoms with Crippen LogP contribution >= 0.6 is 0 Å². The molecule has 27 heteroatoms. The number of rotatable bonds is 38. The Bertz CT molecular complexity index is 3380. The molecule has 516 valence electrons. The van der Waals surface area contributed by atoms with Gasteiger partial charge in [0.15, 0.2) is 0 Å². The van der Waals surface area contributed by atoms with Crippen molar-refractivity contribution in [3.63, 3.8) is 0 Å². The number of benzene rings is 2. The van der Waals surface area contributed by atoms with Gasteiger partial charge in [-0.3, -0.25) is 28.5 Å². The summed E-state index contributed by atoms with van der Waals surface area (Å²) in [4.78, 5) is 71.3. The molecule has 2 aromatic carbocycles. The van der Waals surface area contributed by atoms with E-state index >= 15 is 0 Å². The lowest BCUT2D eigenvalue weighted by molar-refractivity contribution is -0.139. The van der Waals surface area contributed by atoms with E-state index in [1.165, 1.54) is 37.7 Å². The van der Waals surface area contributed by atoms with Gasteiger partial charge in [-0.25, -0.2) is 9.97 Å². The molecule has 0 radical (unpaired) electrons. The van der Waals surface area contributed by atoms with Crippen LogP contribution in [0.1, 0.15) is 177 Å². The third-order valence-electron chi connectivity index (χ3n) is 19.2. The van der Waals surface area contributed by atoms with Crippen LogP contribution in [0, 0.1) is 0 Å². The fourth-order valence-electron chi connectivity index (χ4n) is 13.8. The molecule has 27 nitrogen and oxygen atoms in total. The van der Waals surface area contributed by atoms with Crippen molar-refractivity contribution in [3.8, 4) is 0 Å². The molecule has 4 fully saturated rings. The predicted molar refractivity (Wildman–Crippen MR) is 368 cm³/mol. The van der Waals surface area contributed by atoms with Gasteiger partial charge in [0.05, 0.1) is 36.5 Å². The van der Waals surface area contributed by atoms with Gasteiger partial charge >= 0.3 is 11.9 Å². The molecule has 10 rings (SSSR count). The third kappa shape index (κ3) is 22.2. The zero-order chi connectivity index (χ0) is 66.1. The van der Waals surface area contributed by atoms with E-state index in [2.05, 4.69) is 81.4 Å². The largest absolute Gasteiger partial charge is 0.481 e. The van der Waals surface area contributed by atoms with E-state index in [4.69, 9.17) is 35.9 Å². The highest BCUT2D eigenvalue weighted by Gasteiger charge is 2.28. The van der Waals surface area contributed by atoms with Crippen molar-refractivity contribution in [1.82, 2.24) is 81.4 Å². The van der Waals surface area contributed by atoms with E-state index in [0.29, 0.717) is 62.5 Å². The summed E-state index contributed by atoms with van der Waals surface area (Å²) in [6.07, 6.45) is 24.9. The number of amides is 2. The molecular weight excluding hydrogens is 1210 g/mol. The first-order valence-corrected chi connectivity index (χ1v) is 35.3. The van der Waals surface area contributed by atoms with Gasteiger partial charge in [-0.05, 0) is 184 Å². The van der Waals surface area contributed by atoms with Crippen molar-refractivity contribution in [2.75, 3.05) is 80.3 Å². The number of aromatic nitrogens is 10. The lowest BCUT2D eigenvalue weighted by Gasteiger charge is -2.33. The van der Waals surface area contributed by atoms with Crippen LogP contribution in [-0.4, -0.2) is 184 Å². The lowest BCUT2D eigenvalue weighted by Crippen LogP contribution is -2.43. The minimum absolute atomic E-state index is 0.00528. The Balaban J connectivity index is 0.652. The van der Waals surface area contributed by atoms with Crippen molar-refractivity contribution in [2.45, 2.75) is 222 Å². The Kier molecular flexibility index (Phi) is 26.9. The van der Waals surface area contributed by atoms with Crippen molar-refractivity contribution in [3.05, 3.63) is 71.8 Å². The van der Waals surface area contributed by atoms with E-state index in [1.54, 1.807) is 4.90 Å². The van der Waals surface area contributed by atoms with Gasteiger partial charge in [0.2, 0.25) is 23.7 Å². The van der Waals surface area contributed by atoms with Crippen LogP contribution in [0.15, 0.2) is 54.9 Å². The smallest absolute Gasteiger partial charge is 0.320 e. The van der Waals surface area contributed by atoms with Gasteiger partial charge in [0.25, 0.3) is 0 Å². The van der Waals surface area contributed by atoms with Crippen LogP contribution in [0.5, 0.6) is 0 Å². The first kappa shape index (κ1) is 70.1. The highest BCUT2D eigenvalue weighted by Crippen LogP contribution is 2.36. The molecule has 2 amide bonds. The van der Waals surface area contributed by atoms with Crippen molar-refractivity contribution < 1.29 is 29.4 Å². The van der Waals surface area contributed by atoms with Gasteiger partial charge < -0.3 is 68.3 Å². The van der Waals surface area contributed by atoms with Crippen LogP contribution in [0.2, 0.25) is 0 Å². The van der Waals surface area contributed by atoms with E-state index in [1.807, 2.05) is 58.0 Å². The number of aryl methyl sites for hydroxylation is 2. The summed E-state index contributed by atoms with van der Waals surface area (Å²) in [5.41, 5.74) is 10.3. The number of carboxylic acids is 2. The molecule has 5 heterocycles. The topological polar surface area (TPSA) is 350 Å². The number of aliphatic carboxylic acids is 2. The summed E-state index contributed by atoms with van der Waals surface area (Å²) in [6.45, 7) is 9.34. The fourth-order valence-corrected chi connectivity index (χ4v) is 13.8. The lowest BCUT2D eigenvalue weighted by atomic mass is 9.81. The second kappa shape index (κ2) is 36.4. The number of nitrogens with one attached hydrogen (secondary N) is 8. The highest BCUT2D eigenvalue weighted by atomic mass is 16.4. The van der Waals surface area contributed by atoms with Crippen LogP contribution in [0.4, 0.5) is 23.5 Å². The molecule has 3 atom stereocenters. The molecule has 3 aliphatic carbocycles. The molecule has 6 aromatic rings. The normalized spacial score (nSPS) is 19.2. The number of para-hydroxylation sites is 1. The van der Waals surface area contributed by atoms with Crippen molar-refractivity contribution >= 4 is 69.1 Å². The highest BCUT2D eigenvalue weighted by molar-refractivity contribution is 5.91. The number of nitrogens with two attached hydrogens (primary N) is 1. The molecule has 12 N–H and O–H groups in total. The summed E-state index contributed by atoms with van der Waals surface area (Å²) in [6, 6.07) is 15.1. The molecule has 95 heavy (non-hydrogen) atoms. The standard InChI is InChI=1S/C68H103N21O6/c1-86(68-79-59-18-6-5-17-56(59)65(81-68)77-52-29-39-87(40-30-52)62(91)28-27-58(69)66(94)95)44-55-46-89(85-83-55)38-12-34-71-32-10-36-73-53-16-7-13-47(41-53)48-21-26-57-60(42-48)78-67(80-64(57)76-51-24-22-50(23-25-51)75-61(90)19-8-20-63(92)93)74-43-54-45-88(84-82-54)37-11-33-70-31-9-35-72-49-14-3-2-4-15-49/h5-6,17-18,21,26,42,45-47,49-53,58,70-73H,2-4,7-16,19-20,22-25,27-41,43-44,69H2,1H3,(H,75,90)(H,92,93)(H,94,95)(H,77,79,81)(H2,74,76,78,80)/t47?,50?,51?,53?,58-/m0/s1. The number of fused-ring (bicyclic) bond motifs is 2. The average molecular weight is 1310 g/mol. The maximum atomic E-state index is 12.8. The maximum Gasteiger partial charge on any atom is 0.320 e. The van der Waals surface area contributed by atoms with Crippen molar-refractivity contribution in [2.24, 2.45) is 5.73 Å². The van der Waals surface area contributed by atoms with Crippen LogP contribution < -0.4 is 53.2 Å². The molecule has 0 bridgehead atoms. The van der Waals surface area contributed by atoms with Gasteiger partial charge in [-0.15, -0.1) is 10.2 Å². The van der Waals surface area contributed by atoms with Gasteiger partial charge in [-0.2, -0.15) is 9.97 Å². The molecule has 1 saturated heterocycles. The van der Waals surface area contributed by atoms with Crippen LogP contribution in [0.25, 0.3) is 21.8 Å². The number of carbonyl (C=O) groups excluding carboxylic acids is 2. The SMILES string of the molecule is CN(Cc1cn(CCCNCCCNC2CCCC(c3ccc4c(NC5CCC(NC(=O)CCCC(=O)O)CC5)nc(NCc5cn(CCCNCCCNC6CCCCC6)nn5)nc4c3)C2)nn1)c1nc(NC2CCN(C(=O)CC[C@H](N)C(=O)O)CC2)c2ccccc2n1. The number of hydrogen-bond donors (Lipinski definition) is 11. The Morgan fingerprint density at radius 3 is 1.99 bits per heavy atom. The Morgan fingerprint density at radius 1 is 0.621 bits per heavy atom. The van der Waals surface area contributed by atoms with Gasteiger partial charge in [0, 0.05) is 93.5 Å². The first-order valence-electron chi connectivity index (χ1n) is 35.3. The number of likely N-dealkylation sites (tertiary alicyclic amines) is 1. The molecule has 3 saturated carbocycles. The maximum absolute atomic E-state index is 12.8. The average Bonchev–Trinajstić information content (AvgIpc) is 1.79. The second-order valence-electron chi connectivity index (χ2n) is 26.7. The van der Waals surface area contributed by atoms with E-state index in [-0.39, 0.29) is 55.6 Å². The Labute approximate surface area is 557 Å². The zero-order valence-electron chi connectivity index (χ0n) is 55.7. The first-order chi connectivity index (χ1) is 46.3. The second-order valence-corrected chi connectivity index (χ2v) is 26.7. The number of carbonyl (C=O) groups is 4. The Morgan fingerprint density at radius 2 is 1.26 bits per heavy atom. The van der Waals surface area contributed by atoms with E-state index < -0.39 is 18.0 Å². The monoisotopic (exact) mass is 1310 g/mol. The minimum Gasteiger partial charge on any atom is -0.481 e. The summed E-state index contributed by atoms with van der Waals surface area (Å²) in [7, 11) is 1.95. The van der Waals surface area contributed by atoms with Crippen LogP contribution in [0.3, 0.4) is 0 Å². The fraction of sp³-hybridized carbons (Fsp3) is 0.647. The molecule has 2 unspecified atom stereocenters. The number of carboxylic acid groups (broad SMARTS) is 2. The zero-order valence-corrected chi connectivity index (χ0v) is 55.7. The minimum atomic E-state index is -1.10. The summed E-state index contributed by atoms with van der Waals surface area (Å²) in [5, 5.41) is 66.7. The number of hydrogen-bond acceptors (Lipinski definition) is 21. The van der Waals surface area contributed by atoms with Crippen LogP contribution in [-0.2, 0) is 45.4 Å².